The van der Waals surface area contributed by atoms with Crippen molar-refractivity contribution in [2.75, 3.05) is 0 Å². The molecule has 0 saturated carbocycles. The number of nitrogens with zero attached hydrogens (tertiary/aromatic N) is 3. The van der Waals surface area contributed by atoms with Crippen LogP contribution in [0.25, 0.3) is 0 Å². The van der Waals surface area contributed by atoms with E-state index >= 15 is 0 Å². The Morgan fingerprint density at radius 3 is 2.43 bits per heavy atom. The lowest BCUT2D eigenvalue weighted by Gasteiger charge is -2.17. The maximum absolute atomic E-state index is 12.5. The molecule has 8 heteroatoms. The van der Waals surface area contributed by atoms with Gasteiger partial charge in [-0.05, 0) is 37.6 Å². The number of hydrogen-bond donors (Lipinski definition) is 1. The van der Waals surface area contributed by atoms with E-state index in [1.807, 2.05) is 13.8 Å². The van der Waals surface area contributed by atoms with Crippen LogP contribution in [0.1, 0.15) is 48.1 Å². The van der Waals surface area contributed by atoms with Crippen molar-refractivity contribution in [2.45, 2.75) is 39.0 Å². The lowest BCUT2D eigenvalue weighted by molar-refractivity contribution is -0.137. The number of amides is 1. The van der Waals surface area contributed by atoms with Crippen molar-refractivity contribution in [3.05, 3.63) is 47.5 Å². The molecule has 124 valence electrons. The van der Waals surface area contributed by atoms with Crippen molar-refractivity contribution in [1.82, 2.24) is 20.1 Å². The van der Waals surface area contributed by atoms with E-state index in [4.69, 9.17) is 0 Å². The highest BCUT2D eigenvalue weighted by Gasteiger charge is 2.30. The number of aromatic nitrogens is 3. The maximum atomic E-state index is 12.5. The first-order valence-electron chi connectivity index (χ1n) is 7.22. The normalized spacial score (nSPS) is 12.9. The molecule has 1 aromatic carbocycles. The molecule has 0 aliphatic carbocycles. The summed E-state index contributed by atoms with van der Waals surface area (Å²) in [6.45, 7) is 4.40. The fraction of sp³-hybridized carbons (Fsp3) is 0.400. The zero-order chi connectivity index (χ0) is 17.0. The smallest absolute Gasteiger partial charge is 0.342 e. The van der Waals surface area contributed by atoms with Crippen molar-refractivity contribution in [3.63, 3.8) is 0 Å². The van der Waals surface area contributed by atoms with Crippen LogP contribution in [0, 0.1) is 0 Å². The Labute approximate surface area is 131 Å². The lowest BCUT2D eigenvalue weighted by atomic mass is 10.1. The van der Waals surface area contributed by atoms with E-state index in [0.717, 1.165) is 24.3 Å². The van der Waals surface area contributed by atoms with Gasteiger partial charge in [-0.1, -0.05) is 6.92 Å². The topological polar surface area (TPSA) is 59.8 Å². The van der Waals surface area contributed by atoms with Crippen LogP contribution in [0.5, 0.6) is 0 Å². The molecular formula is C15H17F3N4O. The Kier molecular flexibility index (Phi) is 5.02. The van der Waals surface area contributed by atoms with E-state index in [-0.39, 0.29) is 11.6 Å². The minimum Gasteiger partial charge on any atom is -0.342 e. The summed E-state index contributed by atoms with van der Waals surface area (Å²) in [5, 5.41) is 6.83. The summed E-state index contributed by atoms with van der Waals surface area (Å²) >= 11 is 0. The van der Waals surface area contributed by atoms with E-state index in [1.54, 1.807) is 4.68 Å². The molecule has 1 heterocycles. The van der Waals surface area contributed by atoms with E-state index in [9.17, 15) is 18.0 Å². The Bertz CT molecular complexity index is 664. The second kappa shape index (κ2) is 6.80. The highest BCUT2D eigenvalue weighted by molar-refractivity contribution is 5.94. The standard InChI is InChI=1S/C15H17F3N4O/c1-3-12(13-19-9-20-22(13)4-2)21-14(23)10-5-7-11(8-6-10)15(16,17)18/h5-9,12H,3-4H2,1-2H3,(H,21,23). The van der Waals surface area contributed by atoms with E-state index < -0.39 is 17.6 Å². The molecule has 0 saturated heterocycles. The molecule has 0 aliphatic heterocycles. The van der Waals surface area contributed by atoms with Crippen molar-refractivity contribution in [1.29, 1.82) is 0 Å². The van der Waals surface area contributed by atoms with Gasteiger partial charge in [0.2, 0.25) is 0 Å². The van der Waals surface area contributed by atoms with Crippen LogP contribution < -0.4 is 5.32 Å². The van der Waals surface area contributed by atoms with Crippen LogP contribution in [0.2, 0.25) is 0 Å². The molecule has 0 radical (unpaired) electrons. The summed E-state index contributed by atoms with van der Waals surface area (Å²) in [5.41, 5.74) is -0.620. The lowest BCUT2D eigenvalue weighted by Crippen LogP contribution is -2.30. The van der Waals surface area contributed by atoms with Crippen LogP contribution in [0.15, 0.2) is 30.6 Å². The minimum atomic E-state index is -4.42. The Balaban J connectivity index is 2.14. The molecule has 0 bridgehead atoms. The second-order valence-corrected chi connectivity index (χ2v) is 4.94. The molecule has 2 rings (SSSR count). The van der Waals surface area contributed by atoms with Gasteiger partial charge in [-0.2, -0.15) is 18.3 Å². The molecule has 1 unspecified atom stereocenters. The van der Waals surface area contributed by atoms with Crippen LogP contribution >= 0.6 is 0 Å². The Morgan fingerprint density at radius 2 is 1.91 bits per heavy atom. The largest absolute Gasteiger partial charge is 0.416 e. The summed E-state index contributed by atoms with van der Waals surface area (Å²) in [5.74, 6) is 0.173. The third-order valence-corrected chi connectivity index (χ3v) is 3.44. The third-order valence-electron chi connectivity index (χ3n) is 3.44. The predicted molar refractivity (Wildman–Crippen MR) is 77.6 cm³/mol. The van der Waals surface area contributed by atoms with Crippen molar-refractivity contribution in [2.24, 2.45) is 0 Å². The molecule has 0 aliphatic rings. The summed E-state index contributed by atoms with van der Waals surface area (Å²) in [7, 11) is 0. The van der Waals surface area contributed by atoms with Gasteiger partial charge in [0, 0.05) is 12.1 Å². The monoisotopic (exact) mass is 326 g/mol. The van der Waals surface area contributed by atoms with Crippen LogP contribution in [0.4, 0.5) is 13.2 Å². The predicted octanol–water partition coefficient (Wildman–Crippen LogP) is 3.20. The molecular weight excluding hydrogens is 309 g/mol. The van der Waals surface area contributed by atoms with Crippen molar-refractivity contribution in [3.8, 4) is 0 Å². The molecule has 0 spiro atoms. The number of hydrogen-bond acceptors (Lipinski definition) is 3. The quantitative estimate of drug-likeness (QED) is 0.918. The average Bonchev–Trinajstić information content (AvgIpc) is 3.00. The van der Waals surface area contributed by atoms with Gasteiger partial charge in [0.05, 0.1) is 11.6 Å². The Morgan fingerprint density at radius 1 is 1.26 bits per heavy atom. The van der Waals surface area contributed by atoms with Gasteiger partial charge in [0.25, 0.3) is 5.91 Å². The molecule has 1 amide bonds. The van der Waals surface area contributed by atoms with Crippen molar-refractivity contribution >= 4 is 5.91 Å². The second-order valence-electron chi connectivity index (χ2n) is 4.94. The Hall–Kier alpha value is -2.38. The molecule has 2 aromatic rings. The van der Waals surface area contributed by atoms with Gasteiger partial charge in [-0.3, -0.25) is 4.79 Å². The molecule has 0 fully saturated rings. The maximum Gasteiger partial charge on any atom is 0.416 e. The summed E-state index contributed by atoms with van der Waals surface area (Å²) in [6.07, 6.45) is -2.42. The van der Waals surface area contributed by atoms with Crippen LogP contribution in [0.3, 0.4) is 0 Å². The number of nitrogens with one attached hydrogen (secondary N) is 1. The molecule has 1 atom stereocenters. The van der Waals surface area contributed by atoms with Gasteiger partial charge in [0.15, 0.2) is 0 Å². The molecule has 5 nitrogen and oxygen atoms in total. The number of benzene rings is 1. The van der Waals surface area contributed by atoms with E-state index in [1.165, 1.54) is 6.33 Å². The number of carbonyl (C=O) groups excluding carboxylic acids is 1. The summed E-state index contributed by atoms with van der Waals surface area (Å²) in [6, 6.07) is 3.76. The highest BCUT2D eigenvalue weighted by Crippen LogP contribution is 2.29. The summed E-state index contributed by atoms with van der Waals surface area (Å²) in [4.78, 5) is 16.4. The fourth-order valence-electron chi connectivity index (χ4n) is 2.19. The summed E-state index contributed by atoms with van der Waals surface area (Å²) < 4.78 is 39.3. The number of alkyl halides is 3. The number of halogens is 3. The molecule has 23 heavy (non-hydrogen) atoms. The molecule has 1 N–H and O–H groups in total. The minimum absolute atomic E-state index is 0.166. The number of aryl methyl sites for hydroxylation is 1. The van der Waals surface area contributed by atoms with Gasteiger partial charge in [-0.25, -0.2) is 9.67 Å². The highest BCUT2D eigenvalue weighted by atomic mass is 19.4. The fourth-order valence-corrected chi connectivity index (χ4v) is 2.19. The van der Waals surface area contributed by atoms with E-state index in [0.29, 0.717) is 18.8 Å². The average molecular weight is 326 g/mol. The van der Waals surface area contributed by atoms with Gasteiger partial charge >= 0.3 is 6.18 Å². The van der Waals surface area contributed by atoms with Crippen molar-refractivity contribution < 1.29 is 18.0 Å². The first-order chi connectivity index (χ1) is 10.9. The van der Waals surface area contributed by atoms with Gasteiger partial charge in [0.1, 0.15) is 12.2 Å². The zero-order valence-corrected chi connectivity index (χ0v) is 12.8. The van der Waals surface area contributed by atoms with Gasteiger partial charge < -0.3 is 5.32 Å². The van der Waals surface area contributed by atoms with Crippen LogP contribution in [-0.2, 0) is 12.7 Å². The number of rotatable bonds is 5. The third kappa shape index (κ3) is 3.88. The van der Waals surface area contributed by atoms with Gasteiger partial charge in [-0.15, -0.1) is 0 Å². The molecule has 1 aromatic heterocycles. The zero-order valence-electron chi connectivity index (χ0n) is 12.8. The van der Waals surface area contributed by atoms with Crippen LogP contribution in [-0.4, -0.2) is 20.7 Å². The first kappa shape index (κ1) is 17.0. The SMILES string of the molecule is CCC(NC(=O)c1ccc(C(F)(F)F)cc1)c1ncnn1CC. The number of carbonyl (C=O) groups is 1. The van der Waals surface area contributed by atoms with E-state index in [2.05, 4.69) is 15.4 Å². The first-order valence-corrected chi connectivity index (χ1v) is 7.22.